The molecule has 0 spiro atoms. The molecule has 0 saturated heterocycles. The van der Waals surface area contributed by atoms with E-state index in [1.807, 2.05) is 18.3 Å². The number of nitrogens with two attached hydrogens (primary N) is 1. The maximum Gasteiger partial charge on any atom is 0.143 e. The lowest BCUT2D eigenvalue weighted by Crippen LogP contribution is -1.97. The van der Waals surface area contributed by atoms with E-state index in [-0.39, 0.29) is 0 Å². The molecule has 3 nitrogen and oxygen atoms in total. The standard InChI is InChI=1S/C12H17N3S/c13-8-4-2-1-3-7-11-15-10-6-5-9-14-12(10)16-11/h5-6,9H,1-4,7-8,13H2. The van der Waals surface area contributed by atoms with Crippen molar-refractivity contribution in [1.82, 2.24) is 9.97 Å². The van der Waals surface area contributed by atoms with Gasteiger partial charge in [-0.25, -0.2) is 9.97 Å². The number of unbranched alkanes of at least 4 members (excludes halogenated alkanes) is 3. The SMILES string of the molecule is NCCCCCCc1nc2cccnc2s1. The van der Waals surface area contributed by atoms with Gasteiger partial charge in [-0.05, 0) is 37.9 Å². The third kappa shape index (κ3) is 3.00. The molecule has 0 bridgehead atoms. The van der Waals surface area contributed by atoms with Crippen molar-refractivity contribution in [2.24, 2.45) is 5.73 Å². The normalized spacial score (nSPS) is 11.1. The molecule has 86 valence electrons. The van der Waals surface area contributed by atoms with Gasteiger partial charge in [0, 0.05) is 6.20 Å². The number of fused-ring (bicyclic) bond motifs is 1. The quantitative estimate of drug-likeness (QED) is 0.783. The number of aryl methyl sites for hydroxylation is 1. The summed E-state index contributed by atoms with van der Waals surface area (Å²) in [6, 6.07) is 3.96. The Kier molecular flexibility index (Phi) is 4.25. The van der Waals surface area contributed by atoms with Gasteiger partial charge in [-0.1, -0.05) is 24.2 Å². The predicted molar refractivity (Wildman–Crippen MR) is 68.6 cm³/mol. The number of hydrogen-bond acceptors (Lipinski definition) is 4. The van der Waals surface area contributed by atoms with E-state index in [2.05, 4.69) is 9.97 Å². The maximum absolute atomic E-state index is 5.45. The first kappa shape index (κ1) is 11.5. The fourth-order valence-corrected chi connectivity index (χ4v) is 2.64. The average Bonchev–Trinajstić information content (AvgIpc) is 2.71. The molecule has 0 atom stereocenters. The van der Waals surface area contributed by atoms with E-state index in [9.17, 15) is 0 Å². The summed E-state index contributed by atoms with van der Waals surface area (Å²) in [5.74, 6) is 0. The third-order valence-corrected chi connectivity index (χ3v) is 3.59. The van der Waals surface area contributed by atoms with Crippen molar-refractivity contribution >= 4 is 21.7 Å². The number of aromatic nitrogens is 2. The van der Waals surface area contributed by atoms with Gasteiger partial charge in [0.05, 0.1) is 5.01 Å². The van der Waals surface area contributed by atoms with Gasteiger partial charge in [-0.3, -0.25) is 0 Å². The van der Waals surface area contributed by atoms with Crippen LogP contribution in [0.2, 0.25) is 0 Å². The highest BCUT2D eigenvalue weighted by molar-refractivity contribution is 7.18. The van der Waals surface area contributed by atoms with Crippen LogP contribution >= 0.6 is 11.3 Å². The first-order valence-electron chi connectivity index (χ1n) is 5.80. The Morgan fingerprint density at radius 1 is 1.19 bits per heavy atom. The highest BCUT2D eigenvalue weighted by Gasteiger charge is 2.03. The highest BCUT2D eigenvalue weighted by atomic mass is 32.1. The summed E-state index contributed by atoms with van der Waals surface area (Å²) in [7, 11) is 0. The minimum atomic E-state index is 0.811. The van der Waals surface area contributed by atoms with Crippen molar-refractivity contribution in [3.05, 3.63) is 23.3 Å². The van der Waals surface area contributed by atoms with Crippen LogP contribution in [0.1, 0.15) is 30.7 Å². The molecule has 0 aliphatic rings. The Balaban J connectivity index is 1.85. The van der Waals surface area contributed by atoms with Crippen LogP contribution in [0.4, 0.5) is 0 Å². The van der Waals surface area contributed by atoms with Crippen molar-refractivity contribution in [3.8, 4) is 0 Å². The van der Waals surface area contributed by atoms with Crippen molar-refractivity contribution in [2.45, 2.75) is 32.1 Å². The van der Waals surface area contributed by atoms with Crippen molar-refractivity contribution in [2.75, 3.05) is 6.54 Å². The second kappa shape index (κ2) is 5.92. The van der Waals surface area contributed by atoms with Gasteiger partial charge in [0.15, 0.2) is 0 Å². The molecule has 0 fully saturated rings. The Morgan fingerprint density at radius 3 is 2.88 bits per heavy atom. The van der Waals surface area contributed by atoms with E-state index in [0.29, 0.717) is 0 Å². The average molecular weight is 235 g/mol. The maximum atomic E-state index is 5.45. The molecular weight excluding hydrogens is 218 g/mol. The molecule has 0 unspecified atom stereocenters. The minimum Gasteiger partial charge on any atom is -0.330 e. The Bertz CT molecular complexity index is 406. The predicted octanol–water partition coefficient (Wildman–Crippen LogP) is 2.75. The molecule has 16 heavy (non-hydrogen) atoms. The molecule has 0 aliphatic heterocycles. The highest BCUT2D eigenvalue weighted by Crippen LogP contribution is 2.20. The fraction of sp³-hybridized carbons (Fsp3) is 0.500. The summed E-state index contributed by atoms with van der Waals surface area (Å²) < 4.78 is 0. The van der Waals surface area contributed by atoms with E-state index in [1.165, 1.54) is 24.3 Å². The number of rotatable bonds is 6. The van der Waals surface area contributed by atoms with Gasteiger partial charge in [0.25, 0.3) is 0 Å². The summed E-state index contributed by atoms with van der Waals surface area (Å²) in [6.45, 7) is 0.811. The van der Waals surface area contributed by atoms with Crippen molar-refractivity contribution in [1.29, 1.82) is 0 Å². The zero-order chi connectivity index (χ0) is 11.2. The number of hydrogen-bond donors (Lipinski definition) is 1. The van der Waals surface area contributed by atoms with Gasteiger partial charge < -0.3 is 5.73 Å². The first-order valence-corrected chi connectivity index (χ1v) is 6.62. The molecular formula is C12H17N3S. The summed E-state index contributed by atoms with van der Waals surface area (Å²) in [5.41, 5.74) is 6.49. The summed E-state index contributed by atoms with van der Waals surface area (Å²) in [6.07, 6.45) is 7.73. The van der Waals surface area contributed by atoms with E-state index < -0.39 is 0 Å². The molecule has 2 rings (SSSR count). The third-order valence-electron chi connectivity index (χ3n) is 2.56. The van der Waals surface area contributed by atoms with E-state index in [4.69, 9.17) is 5.73 Å². The second-order valence-corrected chi connectivity index (χ2v) is 4.95. The van der Waals surface area contributed by atoms with E-state index in [0.717, 1.165) is 29.7 Å². The van der Waals surface area contributed by atoms with Gasteiger partial charge in [0.1, 0.15) is 10.3 Å². The van der Waals surface area contributed by atoms with Crippen LogP contribution in [-0.2, 0) is 6.42 Å². The van der Waals surface area contributed by atoms with Crippen LogP contribution in [0.15, 0.2) is 18.3 Å². The van der Waals surface area contributed by atoms with Gasteiger partial charge in [-0.15, -0.1) is 0 Å². The lowest BCUT2D eigenvalue weighted by atomic mass is 10.1. The molecule has 0 amide bonds. The fourth-order valence-electron chi connectivity index (χ4n) is 1.70. The number of pyridine rings is 1. The van der Waals surface area contributed by atoms with Crippen molar-refractivity contribution < 1.29 is 0 Å². The van der Waals surface area contributed by atoms with Crippen LogP contribution < -0.4 is 5.73 Å². The summed E-state index contributed by atoms with van der Waals surface area (Å²) in [5, 5.41) is 1.21. The largest absolute Gasteiger partial charge is 0.330 e. The molecule has 2 heterocycles. The molecule has 0 aliphatic carbocycles. The number of nitrogens with zero attached hydrogens (tertiary/aromatic N) is 2. The van der Waals surface area contributed by atoms with Crippen molar-refractivity contribution in [3.63, 3.8) is 0 Å². The Hall–Kier alpha value is -1.00. The van der Waals surface area contributed by atoms with Gasteiger partial charge in [0.2, 0.25) is 0 Å². The summed E-state index contributed by atoms with van der Waals surface area (Å²) in [4.78, 5) is 9.92. The Labute approximate surface area is 99.7 Å². The zero-order valence-corrected chi connectivity index (χ0v) is 10.2. The second-order valence-electron chi connectivity index (χ2n) is 3.89. The monoisotopic (exact) mass is 235 g/mol. The van der Waals surface area contributed by atoms with E-state index >= 15 is 0 Å². The first-order chi connectivity index (χ1) is 7.90. The van der Waals surface area contributed by atoms with Crippen LogP contribution in [0.25, 0.3) is 10.3 Å². The summed E-state index contributed by atoms with van der Waals surface area (Å²) >= 11 is 1.71. The molecule has 2 N–H and O–H groups in total. The molecule has 0 saturated carbocycles. The lowest BCUT2D eigenvalue weighted by Gasteiger charge is -1.96. The van der Waals surface area contributed by atoms with Gasteiger partial charge in [-0.2, -0.15) is 0 Å². The van der Waals surface area contributed by atoms with Crippen LogP contribution in [0.3, 0.4) is 0 Å². The molecule has 2 aromatic rings. The van der Waals surface area contributed by atoms with Crippen LogP contribution in [0.5, 0.6) is 0 Å². The van der Waals surface area contributed by atoms with Crippen LogP contribution in [0, 0.1) is 0 Å². The topological polar surface area (TPSA) is 51.8 Å². The van der Waals surface area contributed by atoms with Gasteiger partial charge >= 0.3 is 0 Å². The lowest BCUT2D eigenvalue weighted by molar-refractivity contribution is 0.646. The smallest absolute Gasteiger partial charge is 0.143 e. The zero-order valence-electron chi connectivity index (χ0n) is 9.35. The molecule has 4 heteroatoms. The number of thiazole rings is 1. The Morgan fingerprint density at radius 2 is 2.06 bits per heavy atom. The van der Waals surface area contributed by atoms with Crippen LogP contribution in [-0.4, -0.2) is 16.5 Å². The molecule has 0 aromatic carbocycles. The minimum absolute atomic E-state index is 0.811. The molecule has 0 radical (unpaired) electrons. The van der Waals surface area contributed by atoms with E-state index in [1.54, 1.807) is 11.3 Å². The molecule has 2 aromatic heterocycles.